The molecule has 5 heteroatoms. The Morgan fingerprint density at radius 1 is 1.04 bits per heavy atom. The minimum absolute atomic E-state index is 0.187. The minimum atomic E-state index is -0.187. The van der Waals surface area contributed by atoms with Crippen LogP contribution in [0.5, 0.6) is 0 Å². The van der Waals surface area contributed by atoms with Crippen molar-refractivity contribution in [3.05, 3.63) is 70.5 Å². The highest BCUT2D eigenvalue weighted by atomic mass is 19.1. The lowest BCUT2D eigenvalue weighted by molar-refractivity contribution is 0.402. The van der Waals surface area contributed by atoms with E-state index in [1.807, 2.05) is 13.0 Å². The van der Waals surface area contributed by atoms with E-state index in [4.69, 9.17) is 0 Å². The first-order chi connectivity index (χ1) is 12.5. The Hall–Kier alpha value is -2.40. The van der Waals surface area contributed by atoms with Gasteiger partial charge < -0.3 is 15.5 Å². The van der Waals surface area contributed by atoms with Crippen LogP contribution in [0, 0.1) is 12.7 Å². The molecule has 0 radical (unpaired) electrons. The van der Waals surface area contributed by atoms with Crippen molar-refractivity contribution in [2.75, 3.05) is 27.7 Å². The number of guanidine groups is 1. The molecule has 0 aliphatic rings. The Bertz CT molecular complexity index is 723. The van der Waals surface area contributed by atoms with Gasteiger partial charge in [-0.3, -0.25) is 4.99 Å². The number of hydrogen-bond donors (Lipinski definition) is 2. The molecule has 0 fully saturated rings. The third-order valence-electron chi connectivity index (χ3n) is 4.20. The van der Waals surface area contributed by atoms with Crippen molar-refractivity contribution in [2.45, 2.75) is 26.4 Å². The molecule has 0 saturated carbocycles. The molecule has 0 amide bonds. The van der Waals surface area contributed by atoms with E-state index < -0.39 is 0 Å². The van der Waals surface area contributed by atoms with Crippen molar-refractivity contribution in [3.63, 3.8) is 0 Å². The molecular formula is C21H29FN4. The van der Waals surface area contributed by atoms with Crippen molar-refractivity contribution in [3.8, 4) is 0 Å². The Labute approximate surface area is 156 Å². The molecule has 2 aromatic rings. The molecule has 0 aliphatic heterocycles. The van der Waals surface area contributed by atoms with Crippen molar-refractivity contribution >= 4 is 5.96 Å². The predicted molar refractivity (Wildman–Crippen MR) is 107 cm³/mol. The number of nitrogens with zero attached hydrogens (tertiary/aromatic N) is 2. The summed E-state index contributed by atoms with van der Waals surface area (Å²) in [6.07, 6.45) is 0.825. The van der Waals surface area contributed by atoms with Crippen LogP contribution < -0.4 is 10.6 Å². The van der Waals surface area contributed by atoms with Gasteiger partial charge in [0, 0.05) is 26.7 Å². The topological polar surface area (TPSA) is 39.7 Å². The molecule has 0 bridgehead atoms. The standard InChI is InChI=1S/C21H29FN4/c1-16-13-20(22)10-9-19(16)11-12-24-21(23-2)25-14-17-5-7-18(8-6-17)15-26(3)4/h5-10,13H,11-12,14-15H2,1-4H3,(H2,23,24,25). The zero-order chi connectivity index (χ0) is 18.9. The number of aryl methyl sites for hydroxylation is 1. The molecule has 26 heavy (non-hydrogen) atoms. The van der Waals surface area contributed by atoms with Gasteiger partial charge in [0.15, 0.2) is 5.96 Å². The maximum absolute atomic E-state index is 13.2. The van der Waals surface area contributed by atoms with E-state index in [1.165, 1.54) is 17.2 Å². The maximum Gasteiger partial charge on any atom is 0.191 e. The average molecular weight is 356 g/mol. The lowest BCUT2D eigenvalue weighted by atomic mass is 10.1. The third kappa shape index (κ3) is 6.48. The Morgan fingerprint density at radius 2 is 1.73 bits per heavy atom. The van der Waals surface area contributed by atoms with Gasteiger partial charge in [0.25, 0.3) is 0 Å². The molecule has 0 atom stereocenters. The van der Waals surface area contributed by atoms with E-state index in [9.17, 15) is 4.39 Å². The zero-order valence-corrected chi connectivity index (χ0v) is 16.1. The summed E-state index contributed by atoms with van der Waals surface area (Å²) in [7, 11) is 5.90. The summed E-state index contributed by atoms with van der Waals surface area (Å²) in [5.74, 6) is 0.579. The lowest BCUT2D eigenvalue weighted by Gasteiger charge is -2.13. The second-order valence-electron chi connectivity index (χ2n) is 6.73. The van der Waals surface area contributed by atoms with Gasteiger partial charge >= 0.3 is 0 Å². The van der Waals surface area contributed by atoms with E-state index in [-0.39, 0.29) is 5.82 Å². The van der Waals surface area contributed by atoms with E-state index in [2.05, 4.69) is 58.9 Å². The van der Waals surface area contributed by atoms with Gasteiger partial charge in [-0.05, 0) is 61.8 Å². The third-order valence-corrected chi connectivity index (χ3v) is 4.20. The van der Waals surface area contributed by atoms with Crippen LogP contribution in [0.3, 0.4) is 0 Å². The molecule has 2 aromatic carbocycles. The van der Waals surface area contributed by atoms with Crippen LogP contribution in [-0.4, -0.2) is 38.5 Å². The minimum Gasteiger partial charge on any atom is -0.356 e. The lowest BCUT2D eigenvalue weighted by Crippen LogP contribution is -2.37. The smallest absolute Gasteiger partial charge is 0.191 e. The van der Waals surface area contributed by atoms with Crippen LogP contribution in [0.15, 0.2) is 47.5 Å². The first-order valence-electron chi connectivity index (χ1n) is 8.90. The van der Waals surface area contributed by atoms with Crippen molar-refractivity contribution < 1.29 is 4.39 Å². The van der Waals surface area contributed by atoms with Gasteiger partial charge in [-0.25, -0.2) is 4.39 Å². The molecule has 0 heterocycles. The Morgan fingerprint density at radius 3 is 2.35 bits per heavy atom. The maximum atomic E-state index is 13.2. The molecular weight excluding hydrogens is 327 g/mol. The predicted octanol–water partition coefficient (Wildman–Crippen LogP) is 3.10. The van der Waals surface area contributed by atoms with Crippen LogP contribution in [0.4, 0.5) is 4.39 Å². The molecule has 0 spiro atoms. The highest BCUT2D eigenvalue weighted by molar-refractivity contribution is 5.79. The summed E-state index contributed by atoms with van der Waals surface area (Å²) in [6.45, 7) is 4.34. The van der Waals surface area contributed by atoms with Gasteiger partial charge in [-0.2, -0.15) is 0 Å². The van der Waals surface area contributed by atoms with E-state index >= 15 is 0 Å². The second-order valence-corrected chi connectivity index (χ2v) is 6.73. The number of aliphatic imine (C=N–C) groups is 1. The molecule has 4 nitrogen and oxygen atoms in total. The van der Waals surface area contributed by atoms with E-state index in [0.29, 0.717) is 0 Å². The van der Waals surface area contributed by atoms with Gasteiger partial charge in [-0.1, -0.05) is 30.3 Å². The van der Waals surface area contributed by atoms with Crippen LogP contribution in [0.25, 0.3) is 0 Å². The van der Waals surface area contributed by atoms with Crippen LogP contribution in [-0.2, 0) is 19.5 Å². The fourth-order valence-corrected chi connectivity index (χ4v) is 2.79. The summed E-state index contributed by atoms with van der Waals surface area (Å²) in [4.78, 5) is 6.41. The number of rotatable bonds is 7. The Kier molecular flexibility index (Phi) is 7.60. The molecule has 0 aliphatic carbocycles. The molecule has 0 unspecified atom stereocenters. The SMILES string of the molecule is CN=C(NCCc1ccc(F)cc1C)NCc1ccc(CN(C)C)cc1. The molecule has 2 N–H and O–H groups in total. The molecule has 140 valence electrons. The van der Waals surface area contributed by atoms with Crippen LogP contribution in [0.2, 0.25) is 0 Å². The van der Waals surface area contributed by atoms with E-state index in [0.717, 1.165) is 43.1 Å². The average Bonchev–Trinajstić information content (AvgIpc) is 2.60. The summed E-state index contributed by atoms with van der Waals surface area (Å²) >= 11 is 0. The fourth-order valence-electron chi connectivity index (χ4n) is 2.79. The first-order valence-corrected chi connectivity index (χ1v) is 8.90. The summed E-state index contributed by atoms with van der Waals surface area (Å²) < 4.78 is 13.2. The summed E-state index contributed by atoms with van der Waals surface area (Å²) in [5.41, 5.74) is 4.64. The number of benzene rings is 2. The molecule has 0 aromatic heterocycles. The summed E-state index contributed by atoms with van der Waals surface area (Å²) in [6, 6.07) is 13.5. The van der Waals surface area contributed by atoms with E-state index in [1.54, 1.807) is 13.1 Å². The van der Waals surface area contributed by atoms with Crippen molar-refractivity contribution in [2.24, 2.45) is 4.99 Å². The monoisotopic (exact) mass is 356 g/mol. The largest absolute Gasteiger partial charge is 0.356 e. The Balaban J connectivity index is 1.78. The quantitative estimate of drug-likeness (QED) is 0.592. The van der Waals surface area contributed by atoms with Crippen LogP contribution in [0.1, 0.15) is 22.3 Å². The highest BCUT2D eigenvalue weighted by Crippen LogP contribution is 2.10. The normalized spacial score (nSPS) is 11.7. The van der Waals surface area contributed by atoms with Gasteiger partial charge in [-0.15, -0.1) is 0 Å². The van der Waals surface area contributed by atoms with Gasteiger partial charge in [0.1, 0.15) is 5.82 Å². The zero-order valence-electron chi connectivity index (χ0n) is 16.1. The number of nitrogens with one attached hydrogen (secondary N) is 2. The van der Waals surface area contributed by atoms with Crippen molar-refractivity contribution in [1.29, 1.82) is 0 Å². The molecule has 0 saturated heterocycles. The molecule has 2 rings (SSSR count). The number of hydrogen-bond acceptors (Lipinski definition) is 2. The first kappa shape index (κ1) is 19.9. The number of halogens is 1. The van der Waals surface area contributed by atoms with Gasteiger partial charge in [0.2, 0.25) is 0 Å². The van der Waals surface area contributed by atoms with Crippen LogP contribution >= 0.6 is 0 Å². The van der Waals surface area contributed by atoms with Crippen molar-refractivity contribution in [1.82, 2.24) is 15.5 Å². The fraction of sp³-hybridized carbons (Fsp3) is 0.381. The highest BCUT2D eigenvalue weighted by Gasteiger charge is 2.02. The summed E-state index contributed by atoms with van der Waals surface area (Å²) in [5, 5.41) is 6.63. The van der Waals surface area contributed by atoms with Gasteiger partial charge in [0.05, 0.1) is 0 Å². The second kappa shape index (κ2) is 9.92.